The van der Waals surface area contributed by atoms with Gasteiger partial charge < -0.3 is 4.74 Å². The molecule has 0 saturated carbocycles. The van der Waals surface area contributed by atoms with Crippen LogP contribution in [0.25, 0.3) is 11.3 Å². The molecular weight excluding hydrogens is 298 g/mol. The fourth-order valence-electron chi connectivity index (χ4n) is 3.06. The smallest absolute Gasteiger partial charge is 0.233 e. The van der Waals surface area contributed by atoms with Crippen molar-refractivity contribution in [3.63, 3.8) is 0 Å². The maximum absolute atomic E-state index is 6.11. The summed E-state index contributed by atoms with van der Waals surface area (Å²) in [4.78, 5) is 2.47. The molecule has 0 spiro atoms. The van der Waals surface area contributed by atoms with Gasteiger partial charge in [-0.2, -0.15) is 0 Å². The highest BCUT2D eigenvalue weighted by Crippen LogP contribution is 2.19. The Hall–Kier alpha value is -2.20. The summed E-state index contributed by atoms with van der Waals surface area (Å²) in [6, 6.07) is 14.0. The van der Waals surface area contributed by atoms with Gasteiger partial charge in [0.1, 0.15) is 6.10 Å². The lowest BCUT2D eigenvalue weighted by molar-refractivity contribution is 0.133. The predicted molar refractivity (Wildman–Crippen MR) is 97.0 cm³/mol. The first-order chi connectivity index (χ1) is 11.8. The molecule has 1 saturated heterocycles. The summed E-state index contributed by atoms with van der Waals surface area (Å²) in [5.41, 5.74) is 1.93. The summed E-state index contributed by atoms with van der Waals surface area (Å²) in [7, 11) is 0. The topological polar surface area (TPSA) is 38.2 Å². The van der Waals surface area contributed by atoms with E-state index in [1.54, 1.807) is 0 Å². The molecule has 126 valence electrons. The standard InChI is InChI=1S/C20H25N3O/c1-2-3-11-18(16-23-14-7-8-15-23)24-20-13-12-19(21-22-20)17-9-5-4-6-10-17/h2,4-6,9-10,12-13,18H,1,3,7-8,11,14-16H2. The van der Waals surface area contributed by atoms with Crippen molar-refractivity contribution in [2.75, 3.05) is 19.6 Å². The summed E-state index contributed by atoms with van der Waals surface area (Å²) in [5.74, 6) is 0.600. The van der Waals surface area contributed by atoms with Crippen LogP contribution in [0.3, 0.4) is 0 Å². The number of likely N-dealkylation sites (tertiary alicyclic amines) is 1. The zero-order chi connectivity index (χ0) is 16.6. The average molecular weight is 323 g/mol. The van der Waals surface area contributed by atoms with Crippen LogP contribution in [0.15, 0.2) is 55.1 Å². The van der Waals surface area contributed by atoms with E-state index in [0.29, 0.717) is 5.88 Å². The average Bonchev–Trinajstić information content (AvgIpc) is 3.14. The Labute approximate surface area is 144 Å². The van der Waals surface area contributed by atoms with E-state index in [-0.39, 0.29) is 6.10 Å². The number of nitrogens with zero attached hydrogens (tertiary/aromatic N) is 3. The van der Waals surface area contributed by atoms with Crippen molar-refractivity contribution < 1.29 is 4.74 Å². The highest BCUT2D eigenvalue weighted by Gasteiger charge is 2.19. The maximum Gasteiger partial charge on any atom is 0.233 e. The Kier molecular flexibility index (Phi) is 5.96. The van der Waals surface area contributed by atoms with Crippen LogP contribution >= 0.6 is 0 Å². The highest BCUT2D eigenvalue weighted by molar-refractivity contribution is 5.58. The van der Waals surface area contributed by atoms with E-state index < -0.39 is 0 Å². The van der Waals surface area contributed by atoms with Crippen molar-refractivity contribution in [1.29, 1.82) is 0 Å². The number of ether oxygens (including phenoxy) is 1. The second-order valence-electron chi connectivity index (χ2n) is 6.24. The summed E-state index contributed by atoms with van der Waals surface area (Å²) in [5, 5.41) is 8.57. The van der Waals surface area contributed by atoms with Crippen LogP contribution < -0.4 is 4.74 Å². The van der Waals surface area contributed by atoms with E-state index in [1.165, 1.54) is 25.9 Å². The number of allylic oxidation sites excluding steroid dienone is 1. The van der Waals surface area contributed by atoms with Crippen LogP contribution in [-0.4, -0.2) is 40.8 Å². The lowest BCUT2D eigenvalue weighted by atomic mass is 10.1. The summed E-state index contributed by atoms with van der Waals surface area (Å²) in [6.45, 7) is 7.12. The quantitative estimate of drug-likeness (QED) is 0.689. The largest absolute Gasteiger partial charge is 0.472 e. The van der Waals surface area contributed by atoms with Gasteiger partial charge in [-0.15, -0.1) is 16.8 Å². The molecule has 0 amide bonds. The first kappa shape index (κ1) is 16.7. The van der Waals surface area contributed by atoms with E-state index in [9.17, 15) is 0 Å². The molecule has 1 aliphatic rings. The van der Waals surface area contributed by atoms with E-state index in [0.717, 1.165) is 30.6 Å². The molecule has 0 N–H and O–H groups in total. The molecule has 3 rings (SSSR count). The second-order valence-corrected chi connectivity index (χ2v) is 6.24. The van der Waals surface area contributed by atoms with E-state index in [2.05, 4.69) is 21.7 Å². The van der Waals surface area contributed by atoms with E-state index in [1.807, 2.05) is 48.5 Å². The minimum Gasteiger partial charge on any atom is -0.472 e. The zero-order valence-electron chi connectivity index (χ0n) is 14.1. The normalized spacial score (nSPS) is 16.0. The van der Waals surface area contributed by atoms with Gasteiger partial charge in [0.15, 0.2) is 0 Å². The van der Waals surface area contributed by atoms with Gasteiger partial charge in [-0.05, 0) is 44.8 Å². The molecule has 1 aliphatic heterocycles. The van der Waals surface area contributed by atoms with Crippen molar-refractivity contribution >= 4 is 0 Å². The monoisotopic (exact) mass is 323 g/mol. The lowest BCUT2D eigenvalue weighted by Gasteiger charge is -2.23. The molecule has 1 atom stereocenters. The molecule has 0 aliphatic carbocycles. The van der Waals surface area contributed by atoms with Gasteiger partial charge in [-0.3, -0.25) is 4.90 Å². The Bertz CT molecular complexity index is 621. The second kappa shape index (κ2) is 8.60. The minimum atomic E-state index is 0.137. The number of hydrogen-bond donors (Lipinski definition) is 0. The number of aromatic nitrogens is 2. The Balaban J connectivity index is 1.63. The van der Waals surface area contributed by atoms with Crippen molar-refractivity contribution in [2.45, 2.75) is 31.8 Å². The maximum atomic E-state index is 6.11. The van der Waals surface area contributed by atoms with E-state index in [4.69, 9.17) is 4.74 Å². The van der Waals surface area contributed by atoms with Crippen molar-refractivity contribution in [3.05, 3.63) is 55.1 Å². The van der Waals surface area contributed by atoms with Crippen LogP contribution in [0.2, 0.25) is 0 Å². The SMILES string of the molecule is C=CCCC(CN1CCCC1)Oc1ccc(-c2ccccc2)nn1. The van der Waals surface area contributed by atoms with Crippen LogP contribution in [0.4, 0.5) is 0 Å². The highest BCUT2D eigenvalue weighted by atomic mass is 16.5. The van der Waals surface area contributed by atoms with Crippen molar-refractivity contribution in [3.8, 4) is 17.1 Å². The summed E-state index contributed by atoms with van der Waals surface area (Å²) >= 11 is 0. The van der Waals surface area contributed by atoms with Gasteiger partial charge >= 0.3 is 0 Å². The molecule has 1 unspecified atom stereocenters. The van der Waals surface area contributed by atoms with Crippen LogP contribution in [0, 0.1) is 0 Å². The molecule has 0 radical (unpaired) electrons. The van der Waals surface area contributed by atoms with Gasteiger partial charge in [-0.25, -0.2) is 0 Å². The zero-order valence-corrected chi connectivity index (χ0v) is 14.1. The third kappa shape index (κ3) is 4.65. The van der Waals surface area contributed by atoms with Crippen LogP contribution in [0.5, 0.6) is 5.88 Å². The molecule has 0 bridgehead atoms. The molecule has 1 aromatic carbocycles. The number of hydrogen-bond acceptors (Lipinski definition) is 4. The van der Waals surface area contributed by atoms with Gasteiger partial charge in [0.25, 0.3) is 0 Å². The van der Waals surface area contributed by atoms with Crippen molar-refractivity contribution in [1.82, 2.24) is 15.1 Å². The predicted octanol–water partition coefficient (Wildman–Crippen LogP) is 3.95. The fourth-order valence-corrected chi connectivity index (χ4v) is 3.06. The lowest BCUT2D eigenvalue weighted by Crippen LogP contribution is -2.34. The first-order valence-corrected chi connectivity index (χ1v) is 8.74. The Morgan fingerprint density at radius 2 is 1.88 bits per heavy atom. The Morgan fingerprint density at radius 1 is 1.08 bits per heavy atom. The van der Waals surface area contributed by atoms with Gasteiger partial charge in [0, 0.05) is 18.2 Å². The molecule has 4 nitrogen and oxygen atoms in total. The Morgan fingerprint density at radius 3 is 2.54 bits per heavy atom. The molecule has 4 heteroatoms. The van der Waals surface area contributed by atoms with E-state index >= 15 is 0 Å². The van der Waals surface area contributed by atoms with Crippen LogP contribution in [-0.2, 0) is 0 Å². The first-order valence-electron chi connectivity index (χ1n) is 8.74. The molecule has 1 fully saturated rings. The summed E-state index contributed by atoms with van der Waals surface area (Å²) in [6.07, 6.45) is 6.58. The third-order valence-corrected chi connectivity index (χ3v) is 4.35. The molecule has 2 aromatic rings. The minimum absolute atomic E-state index is 0.137. The van der Waals surface area contributed by atoms with Crippen LogP contribution in [0.1, 0.15) is 25.7 Å². The van der Waals surface area contributed by atoms with Gasteiger partial charge in [0.05, 0.1) is 5.69 Å². The molecule has 1 aromatic heterocycles. The fraction of sp³-hybridized carbons (Fsp3) is 0.400. The molecule has 2 heterocycles. The van der Waals surface area contributed by atoms with Crippen molar-refractivity contribution in [2.24, 2.45) is 0 Å². The third-order valence-electron chi connectivity index (χ3n) is 4.35. The molecular formula is C20H25N3O. The van der Waals surface area contributed by atoms with Gasteiger partial charge in [0.2, 0.25) is 5.88 Å². The summed E-state index contributed by atoms with van der Waals surface area (Å²) < 4.78 is 6.11. The molecule has 24 heavy (non-hydrogen) atoms. The number of rotatable bonds is 8. The van der Waals surface area contributed by atoms with Gasteiger partial charge in [-0.1, -0.05) is 36.4 Å². The number of benzene rings is 1.